The minimum absolute atomic E-state index is 0. The Balaban J connectivity index is 0.00000154. The van der Waals surface area contributed by atoms with Crippen LogP contribution in [0.3, 0.4) is 0 Å². The van der Waals surface area contributed by atoms with Crippen molar-refractivity contribution >= 4 is 41.4 Å². The van der Waals surface area contributed by atoms with Gasteiger partial charge in [0.05, 0.1) is 17.5 Å². The summed E-state index contributed by atoms with van der Waals surface area (Å²) in [6, 6.07) is 18.9. The summed E-state index contributed by atoms with van der Waals surface area (Å²) in [4.78, 5) is 9.51. The number of aromatic nitrogens is 6. The Labute approximate surface area is 236 Å². The Kier molecular flexibility index (Phi) is 6.88. The lowest BCUT2D eigenvalue weighted by molar-refractivity contribution is 0.253. The molecule has 39 heavy (non-hydrogen) atoms. The van der Waals surface area contributed by atoms with Gasteiger partial charge in [-0.1, -0.05) is 36.4 Å². The molecule has 2 N–H and O–H groups in total. The SMILES string of the molecule is Cl.Cl.Cn1cnc(-c2nnc3c4cc(-c5ccc(F)cc5)c(-c5ccc(C6(N)CCC6)cc5)nc4ccn23)c1. The van der Waals surface area contributed by atoms with E-state index in [1.807, 2.05) is 34.5 Å². The Morgan fingerprint density at radius 3 is 2.28 bits per heavy atom. The molecule has 0 bridgehead atoms. The van der Waals surface area contributed by atoms with Crippen molar-refractivity contribution in [1.82, 2.24) is 29.1 Å². The molecule has 10 heteroatoms. The third-order valence-electron chi connectivity index (χ3n) is 7.44. The van der Waals surface area contributed by atoms with Crippen LogP contribution in [-0.2, 0) is 12.6 Å². The molecule has 0 unspecified atom stereocenters. The van der Waals surface area contributed by atoms with Crippen molar-refractivity contribution in [1.29, 1.82) is 0 Å². The van der Waals surface area contributed by atoms with Crippen molar-refractivity contribution < 1.29 is 4.39 Å². The summed E-state index contributed by atoms with van der Waals surface area (Å²) in [7, 11) is 1.92. The van der Waals surface area contributed by atoms with Crippen LogP contribution in [0, 0.1) is 5.82 Å². The van der Waals surface area contributed by atoms with Gasteiger partial charge in [0.2, 0.25) is 0 Å². The van der Waals surface area contributed by atoms with Gasteiger partial charge in [-0.05, 0) is 54.7 Å². The Morgan fingerprint density at radius 2 is 1.64 bits per heavy atom. The zero-order chi connectivity index (χ0) is 25.1. The normalized spacial score (nSPS) is 14.0. The summed E-state index contributed by atoms with van der Waals surface area (Å²) in [5.41, 5.74) is 13.3. The molecule has 1 aliphatic rings. The fraction of sp³-hybridized carbons (Fsp3) is 0.172. The van der Waals surface area contributed by atoms with Crippen molar-refractivity contribution in [3.63, 3.8) is 0 Å². The van der Waals surface area contributed by atoms with Gasteiger partial charge in [-0.3, -0.25) is 4.40 Å². The van der Waals surface area contributed by atoms with Crippen LogP contribution in [0.15, 0.2) is 79.4 Å². The zero-order valence-corrected chi connectivity index (χ0v) is 22.7. The first-order valence-electron chi connectivity index (χ1n) is 12.3. The van der Waals surface area contributed by atoms with E-state index in [0.717, 1.165) is 57.4 Å². The van der Waals surface area contributed by atoms with Crippen molar-refractivity contribution in [3.8, 4) is 33.9 Å². The molecule has 0 amide bonds. The van der Waals surface area contributed by atoms with Crippen molar-refractivity contribution in [2.75, 3.05) is 0 Å². The molecule has 2 aromatic carbocycles. The summed E-state index contributed by atoms with van der Waals surface area (Å²) in [6.45, 7) is 0. The van der Waals surface area contributed by atoms with Crippen molar-refractivity contribution in [2.24, 2.45) is 12.8 Å². The highest BCUT2D eigenvalue weighted by Crippen LogP contribution is 2.40. The molecule has 7 rings (SSSR count). The fourth-order valence-electron chi connectivity index (χ4n) is 5.17. The summed E-state index contributed by atoms with van der Waals surface area (Å²) < 4.78 is 17.6. The molecule has 7 nitrogen and oxygen atoms in total. The van der Waals surface area contributed by atoms with Gasteiger partial charge in [-0.25, -0.2) is 14.4 Å². The van der Waals surface area contributed by atoms with Crippen LogP contribution in [0.2, 0.25) is 0 Å². The summed E-state index contributed by atoms with van der Waals surface area (Å²) in [6.07, 6.45) is 8.75. The average Bonchev–Trinajstić information content (AvgIpc) is 3.53. The Hall–Kier alpha value is -3.85. The smallest absolute Gasteiger partial charge is 0.188 e. The Morgan fingerprint density at radius 1 is 0.923 bits per heavy atom. The molecule has 6 aromatic rings. The van der Waals surface area contributed by atoms with E-state index in [1.54, 1.807) is 18.5 Å². The molecule has 1 saturated carbocycles. The topological polar surface area (TPSA) is 86.9 Å². The number of fused-ring (bicyclic) bond motifs is 3. The standard InChI is InChI=1S/C29H24FN7.2ClH/c1-36-16-25(32-17-36)28-35-34-27-23-15-22(18-5-9-21(30)10-6-18)26(33-24(23)11-14-37(27)28)19-3-7-20(8-4-19)29(31)12-2-13-29;;/h3-11,14-17H,2,12-13,31H2,1H3;2*1H. The number of nitrogens with two attached hydrogens (primary N) is 1. The number of nitrogens with zero attached hydrogens (tertiary/aromatic N) is 6. The second-order valence-corrected chi connectivity index (χ2v) is 9.87. The maximum Gasteiger partial charge on any atom is 0.188 e. The molecule has 1 aliphatic carbocycles. The fourth-order valence-corrected chi connectivity index (χ4v) is 5.17. The molecule has 0 atom stereocenters. The lowest BCUT2D eigenvalue weighted by atomic mass is 9.72. The number of imidazole rings is 1. The van der Waals surface area contributed by atoms with Gasteiger partial charge in [0.15, 0.2) is 11.5 Å². The number of rotatable bonds is 4. The summed E-state index contributed by atoms with van der Waals surface area (Å²) in [5.74, 6) is 0.379. The molecule has 0 saturated heterocycles. The van der Waals surface area contributed by atoms with E-state index < -0.39 is 0 Å². The van der Waals surface area contributed by atoms with Crippen LogP contribution in [0.4, 0.5) is 4.39 Å². The molecule has 4 aromatic heterocycles. The van der Waals surface area contributed by atoms with Gasteiger partial charge in [0.25, 0.3) is 0 Å². The van der Waals surface area contributed by atoms with E-state index in [2.05, 4.69) is 45.5 Å². The molecule has 198 valence electrons. The predicted octanol–water partition coefficient (Wildman–Crippen LogP) is 6.33. The maximum absolute atomic E-state index is 13.8. The third kappa shape index (κ3) is 4.44. The first kappa shape index (κ1) is 26.7. The number of hydrogen-bond donors (Lipinski definition) is 1. The largest absolute Gasteiger partial charge is 0.340 e. The first-order valence-corrected chi connectivity index (χ1v) is 12.3. The van der Waals surface area contributed by atoms with E-state index in [-0.39, 0.29) is 36.2 Å². The molecule has 0 spiro atoms. The molecule has 4 heterocycles. The van der Waals surface area contributed by atoms with Gasteiger partial charge in [-0.15, -0.1) is 35.0 Å². The quantitative estimate of drug-likeness (QED) is 0.271. The number of hydrogen-bond acceptors (Lipinski definition) is 5. The lowest BCUT2D eigenvalue weighted by Gasteiger charge is -2.38. The van der Waals surface area contributed by atoms with Gasteiger partial charge in [0.1, 0.15) is 11.5 Å². The zero-order valence-electron chi connectivity index (χ0n) is 21.1. The minimum Gasteiger partial charge on any atom is -0.340 e. The van der Waals surface area contributed by atoms with Crippen LogP contribution in [-0.4, -0.2) is 29.1 Å². The van der Waals surface area contributed by atoms with Crippen LogP contribution in [0.5, 0.6) is 0 Å². The van der Waals surface area contributed by atoms with Gasteiger partial charge < -0.3 is 10.3 Å². The number of benzene rings is 2. The van der Waals surface area contributed by atoms with Gasteiger partial charge in [-0.2, -0.15) is 0 Å². The van der Waals surface area contributed by atoms with E-state index in [1.165, 1.54) is 18.6 Å². The highest BCUT2D eigenvalue weighted by atomic mass is 35.5. The number of pyridine rings is 2. The van der Waals surface area contributed by atoms with E-state index in [0.29, 0.717) is 11.5 Å². The lowest BCUT2D eigenvalue weighted by Crippen LogP contribution is -2.43. The second-order valence-electron chi connectivity index (χ2n) is 9.87. The van der Waals surface area contributed by atoms with E-state index in [4.69, 9.17) is 10.7 Å². The monoisotopic (exact) mass is 561 g/mol. The third-order valence-corrected chi connectivity index (χ3v) is 7.44. The highest BCUT2D eigenvalue weighted by molar-refractivity contribution is 5.98. The second kappa shape index (κ2) is 10.0. The van der Waals surface area contributed by atoms with Crippen LogP contribution < -0.4 is 5.73 Å². The molecular formula is C29H26Cl2FN7. The number of halogens is 3. The van der Waals surface area contributed by atoms with Crippen LogP contribution >= 0.6 is 24.8 Å². The Bertz CT molecular complexity index is 1790. The summed E-state index contributed by atoms with van der Waals surface area (Å²) in [5, 5.41) is 9.76. The van der Waals surface area contributed by atoms with Gasteiger partial charge >= 0.3 is 0 Å². The maximum atomic E-state index is 13.8. The minimum atomic E-state index is -0.281. The van der Waals surface area contributed by atoms with Crippen LogP contribution in [0.25, 0.3) is 50.5 Å². The van der Waals surface area contributed by atoms with Crippen molar-refractivity contribution in [2.45, 2.75) is 24.8 Å². The van der Waals surface area contributed by atoms with Crippen LogP contribution in [0.1, 0.15) is 24.8 Å². The van der Waals surface area contributed by atoms with Crippen molar-refractivity contribution in [3.05, 3.63) is 90.8 Å². The average molecular weight is 562 g/mol. The molecular weight excluding hydrogens is 536 g/mol. The van der Waals surface area contributed by atoms with E-state index >= 15 is 0 Å². The van der Waals surface area contributed by atoms with Gasteiger partial charge in [0, 0.05) is 41.5 Å². The first-order chi connectivity index (χ1) is 18.0. The number of aryl methyl sites for hydroxylation is 1. The molecule has 1 fully saturated rings. The summed E-state index contributed by atoms with van der Waals surface area (Å²) >= 11 is 0. The molecule has 0 radical (unpaired) electrons. The van der Waals surface area contributed by atoms with E-state index in [9.17, 15) is 4.39 Å². The molecule has 0 aliphatic heterocycles. The highest BCUT2D eigenvalue weighted by Gasteiger charge is 2.34. The predicted molar refractivity (Wildman–Crippen MR) is 156 cm³/mol.